The van der Waals surface area contributed by atoms with Crippen LogP contribution in [-0.2, 0) is 14.4 Å². The largest absolute Gasteiger partial charge is 0.550 e. The van der Waals surface area contributed by atoms with Crippen molar-refractivity contribution in [3.63, 3.8) is 0 Å². The molecule has 0 aliphatic heterocycles. The number of aliphatic carboxylic acids is 1. The van der Waals surface area contributed by atoms with E-state index in [1.807, 2.05) is 0 Å². The van der Waals surface area contributed by atoms with Crippen LogP contribution in [0.3, 0.4) is 0 Å². The highest BCUT2D eigenvalue weighted by Gasteiger charge is 2.14. The summed E-state index contributed by atoms with van der Waals surface area (Å²) in [5.74, 6) is -2.35. The molecule has 156 valence electrons. The first-order valence-corrected chi connectivity index (χ1v) is 9.20. The molecule has 8 nitrogen and oxygen atoms in total. The number of hydrogen-bond donors (Lipinski definition) is 2. The van der Waals surface area contributed by atoms with Crippen molar-refractivity contribution in [3.8, 4) is 5.75 Å². The van der Waals surface area contributed by atoms with E-state index in [0.29, 0.717) is 16.9 Å². The second-order valence-electron chi connectivity index (χ2n) is 6.27. The molecule has 0 atom stereocenters. The summed E-state index contributed by atoms with van der Waals surface area (Å²) in [4.78, 5) is 46.5. The van der Waals surface area contributed by atoms with E-state index in [1.54, 1.807) is 54.6 Å². The number of carboxylic acid groups (broad SMARTS) is 1. The number of carbonyl (C=O) groups is 4. The molecule has 2 aromatic carbocycles. The Morgan fingerprint density at radius 1 is 1.00 bits per heavy atom. The Morgan fingerprint density at radius 2 is 1.67 bits per heavy atom. The smallest absolute Gasteiger partial charge is 0.308 e. The van der Waals surface area contributed by atoms with Crippen molar-refractivity contribution in [1.82, 2.24) is 10.6 Å². The van der Waals surface area contributed by atoms with Crippen molar-refractivity contribution in [2.75, 3.05) is 6.54 Å². The molecule has 0 aliphatic carbocycles. The first-order chi connectivity index (χ1) is 14.3. The van der Waals surface area contributed by atoms with Gasteiger partial charge < -0.3 is 25.3 Å². The second-order valence-corrected chi connectivity index (χ2v) is 6.27. The fourth-order valence-corrected chi connectivity index (χ4v) is 2.44. The van der Waals surface area contributed by atoms with Crippen molar-refractivity contribution >= 4 is 29.8 Å². The number of amides is 2. The fraction of sp³-hybridized carbons (Fsp3) is 0.182. The van der Waals surface area contributed by atoms with Crippen LogP contribution in [0.25, 0.3) is 6.08 Å². The number of carboxylic acids is 1. The van der Waals surface area contributed by atoms with Crippen molar-refractivity contribution < 1.29 is 29.0 Å². The highest BCUT2D eigenvalue weighted by Crippen LogP contribution is 2.15. The van der Waals surface area contributed by atoms with Gasteiger partial charge in [-0.1, -0.05) is 30.3 Å². The van der Waals surface area contributed by atoms with Gasteiger partial charge in [-0.25, -0.2) is 0 Å². The van der Waals surface area contributed by atoms with Crippen LogP contribution in [-0.4, -0.2) is 30.3 Å². The van der Waals surface area contributed by atoms with E-state index in [2.05, 4.69) is 10.6 Å². The maximum atomic E-state index is 12.5. The molecule has 0 saturated heterocycles. The third-order valence-electron chi connectivity index (χ3n) is 3.82. The van der Waals surface area contributed by atoms with Gasteiger partial charge in [0.05, 0.1) is 0 Å². The van der Waals surface area contributed by atoms with Gasteiger partial charge in [0, 0.05) is 25.0 Å². The monoisotopic (exact) mass is 409 g/mol. The molecule has 30 heavy (non-hydrogen) atoms. The number of esters is 1. The van der Waals surface area contributed by atoms with Gasteiger partial charge in [0.1, 0.15) is 11.4 Å². The Kier molecular flexibility index (Phi) is 8.31. The van der Waals surface area contributed by atoms with E-state index in [0.717, 1.165) is 0 Å². The summed E-state index contributed by atoms with van der Waals surface area (Å²) in [7, 11) is 0. The molecule has 0 fully saturated rings. The number of ether oxygens (including phenoxy) is 1. The Hall–Kier alpha value is -3.94. The van der Waals surface area contributed by atoms with Gasteiger partial charge >= 0.3 is 5.97 Å². The molecule has 2 rings (SSSR count). The second kappa shape index (κ2) is 11.2. The van der Waals surface area contributed by atoms with Crippen molar-refractivity contribution in [3.05, 3.63) is 71.4 Å². The molecule has 0 aromatic heterocycles. The number of carbonyl (C=O) groups excluding carboxylic acids is 4. The summed E-state index contributed by atoms with van der Waals surface area (Å²) in [6, 6.07) is 14.7. The lowest BCUT2D eigenvalue weighted by molar-refractivity contribution is -0.305. The molecular weight excluding hydrogens is 388 g/mol. The highest BCUT2D eigenvalue weighted by molar-refractivity contribution is 6.05. The molecule has 2 amide bonds. The first-order valence-electron chi connectivity index (χ1n) is 9.20. The minimum absolute atomic E-state index is 0.0162. The van der Waals surface area contributed by atoms with E-state index >= 15 is 0 Å². The minimum Gasteiger partial charge on any atom is -0.550 e. The molecular formula is C22H21N2O6-. The third kappa shape index (κ3) is 7.59. The first kappa shape index (κ1) is 22.4. The molecule has 8 heteroatoms. The molecule has 2 N–H and O–H groups in total. The molecule has 0 spiro atoms. The van der Waals surface area contributed by atoms with Gasteiger partial charge in [-0.15, -0.1) is 0 Å². The lowest BCUT2D eigenvalue weighted by Crippen LogP contribution is -2.35. The quantitative estimate of drug-likeness (QED) is 0.276. The summed E-state index contributed by atoms with van der Waals surface area (Å²) < 4.78 is 4.97. The van der Waals surface area contributed by atoms with Crippen molar-refractivity contribution in [2.45, 2.75) is 19.8 Å². The van der Waals surface area contributed by atoms with E-state index in [4.69, 9.17) is 4.74 Å². The van der Waals surface area contributed by atoms with Gasteiger partial charge in [0.25, 0.3) is 11.8 Å². The summed E-state index contributed by atoms with van der Waals surface area (Å²) in [6.07, 6.45) is 1.48. The van der Waals surface area contributed by atoms with E-state index < -0.39 is 23.8 Å². The van der Waals surface area contributed by atoms with Gasteiger partial charge in [-0.3, -0.25) is 14.4 Å². The zero-order valence-corrected chi connectivity index (χ0v) is 16.3. The number of nitrogens with one attached hydrogen (secondary N) is 2. The van der Waals surface area contributed by atoms with E-state index in [-0.39, 0.29) is 25.1 Å². The minimum atomic E-state index is -1.20. The molecule has 0 aliphatic rings. The van der Waals surface area contributed by atoms with Gasteiger partial charge in [-0.05, 0) is 48.7 Å². The molecule has 0 heterocycles. The predicted octanol–water partition coefficient (Wildman–Crippen LogP) is 1.03. The highest BCUT2D eigenvalue weighted by atomic mass is 16.5. The van der Waals surface area contributed by atoms with Crippen LogP contribution in [0.5, 0.6) is 5.75 Å². The average molecular weight is 409 g/mol. The van der Waals surface area contributed by atoms with E-state index in [1.165, 1.54) is 13.0 Å². The van der Waals surface area contributed by atoms with Crippen LogP contribution in [0, 0.1) is 0 Å². The summed E-state index contributed by atoms with van der Waals surface area (Å²) in [6.45, 7) is 1.40. The molecule has 0 unspecified atom stereocenters. The van der Waals surface area contributed by atoms with Crippen molar-refractivity contribution in [1.29, 1.82) is 0 Å². The van der Waals surface area contributed by atoms with Gasteiger partial charge in [0.15, 0.2) is 0 Å². The topological polar surface area (TPSA) is 125 Å². The Morgan fingerprint density at radius 3 is 2.27 bits per heavy atom. The summed E-state index contributed by atoms with van der Waals surface area (Å²) in [5.41, 5.74) is 0.940. The Labute approximate surface area is 173 Å². The van der Waals surface area contributed by atoms with Crippen LogP contribution in [0.1, 0.15) is 35.7 Å². The molecule has 0 saturated carbocycles. The lowest BCUT2D eigenvalue weighted by atomic mass is 10.1. The zero-order valence-electron chi connectivity index (χ0n) is 16.3. The molecule has 2 aromatic rings. The standard InChI is InChI=1S/C22H22N2O6/c1-15(25)30-18-11-9-16(10-12-18)14-19(22(29)23-13-5-8-20(26)27)24-21(28)17-6-3-2-4-7-17/h2-4,6-7,9-12,14H,5,8,13H2,1H3,(H,23,29)(H,24,28)(H,26,27)/p-1/b19-14-. The van der Waals surface area contributed by atoms with E-state index in [9.17, 15) is 24.3 Å². The van der Waals surface area contributed by atoms with Gasteiger partial charge in [0.2, 0.25) is 0 Å². The molecule has 0 bridgehead atoms. The predicted molar refractivity (Wildman–Crippen MR) is 107 cm³/mol. The third-order valence-corrected chi connectivity index (χ3v) is 3.82. The zero-order chi connectivity index (χ0) is 21.9. The normalized spacial score (nSPS) is 10.8. The SMILES string of the molecule is CC(=O)Oc1ccc(/C=C(\NC(=O)c2ccccc2)C(=O)NCCCC(=O)[O-])cc1. The van der Waals surface area contributed by atoms with Crippen molar-refractivity contribution in [2.24, 2.45) is 0 Å². The Balaban J connectivity index is 2.17. The maximum Gasteiger partial charge on any atom is 0.308 e. The van der Waals surface area contributed by atoms with Crippen LogP contribution in [0.15, 0.2) is 60.3 Å². The van der Waals surface area contributed by atoms with Crippen LogP contribution in [0.4, 0.5) is 0 Å². The van der Waals surface area contributed by atoms with Gasteiger partial charge in [-0.2, -0.15) is 0 Å². The number of rotatable bonds is 9. The van der Waals surface area contributed by atoms with Crippen LogP contribution in [0.2, 0.25) is 0 Å². The number of benzene rings is 2. The van der Waals surface area contributed by atoms with Crippen LogP contribution < -0.4 is 20.5 Å². The fourth-order valence-electron chi connectivity index (χ4n) is 2.44. The number of hydrogen-bond acceptors (Lipinski definition) is 6. The molecule has 0 radical (unpaired) electrons. The maximum absolute atomic E-state index is 12.5. The average Bonchev–Trinajstić information content (AvgIpc) is 2.72. The van der Waals surface area contributed by atoms with Crippen LogP contribution >= 0.6 is 0 Å². The Bertz CT molecular complexity index is 936. The summed E-state index contributed by atoms with van der Waals surface area (Å²) in [5, 5.41) is 15.6. The lowest BCUT2D eigenvalue weighted by Gasteiger charge is -2.12. The summed E-state index contributed by atoms with van der Waals surface area (Å²) >= 11 is 0.